The van der Waals surface area contributed by atoms with Crippen LogP contribution in [0.1, 0.15) is 37.7 Å². The number of hydrogen-bond donors (Lipinski definition) is 1. The summed E-state index contributed by atoms with van der Waals surface area (Å²) < 4.78 is 11.3. The molecular weight excluding hydrogens is 380 g/mol. The normalized spacial score (nSPS) is 14.1. The Hall–Kier alpha value is -3.02. The van der Waals surface area contributed by atoms with Crippen LogP contribution in [-0.4, -0.2) is 43.0 Å². The standard InChI is InChI=1S/C24H30N2O4/c27-23(25-15-7-17-26-16-6-2-5-10-24(26)28)19-30-22-13-11-21(12-14-22)29-18-20-8-3-1-4-9-20/h1,3-4,8-9,11-14H,2,5-7,10,15-19H2,(H,25,27). The van der Waals surface area contributed by atoms with E-state index in [0.29, 0.717) is 31.9 Å². The smallest absolute Gasteiger partial charge is 0.257 e. The van der Waals surface area contributed by atoms with Gasteiger partial charge < -0.3 is 19.7 Å². The Bertz CT molecular complexity index is 793. The van der Waals surface area contributed by atoms with Crippen molar-refractivity contribution in [3.8, 4) is 11.5 Å². The summed E-state index contributed by atoms with van der Waals surface area (Å²) in [5, 5.41) is 2.85. The third kappa shape index (κ3) is 7.43. The molecule has 3 rings (SSSR count). The van der Waals surface area contributed by atoms with Gasteiger partial charge in [0.15, 0.2) is 6.61 Å². The minimum atomic E-state index is -0.165. The van der Waals surface area contributed by atoms with Crippen molar-refractivity contribution in [2.45, 2.75) is 38.7 Å². The second-order valence-corrected chi connectivity index (χ2v) is 7.43. The molecule has 2 amide bonds. The number of carbonyl (C=O) groups is 2. The highest BCUT2D eigenvalue weighted by molar-refractivity contribution is 5.77. The maximum Gasteiger partial charge on any atom is 0.257 e. The van der Waals surface area contributed by atoms with Crippen LogP contribution in [0.2, 0.25) is 0 Å². The summed E-state index contributed by atoms with van der Waals surface area (Å²) in [7, 11) is 0. The Kier molecular flexibility index (Phi) is 8.57. The van der Waals surface area contributed by atoms with E-state index in [1.165, 1.54) is 0 Å². The van der Waals surface area contributed by atoms with Gasteiger partial charge >= 0.3 is 0 Å². The molecule has 160 valence electrons. The van der Waals surface area contributed by atoms with Crippen molar-refractivity contribution in [1.82, 2.24) is 10.2 Å². The van der Waals surface area contributed by atoms with Crippen LogP contribution in [-0.2, 0) is 16.2 Å². The molecule has 30 heavy (non-hydrogen) atoms. The second kappa shape index (κ2) is 11.9. The molecule has 0 spiro atoms. The van der Waals surface area contributed by atoms with E-state index in [4.69, 9.17) is 9.47 Å². The molecule has 0 atom stereocenters. The van der Waals surface area contributed by atoms with Crippen LogP contribution in [0.15, 0.2) is 54.6 Å². The van der Waals surface area contributed by atoms with Gasteiger partial charge in [-0.3, -0.25) is 9.59 Å². The highest BCUT2D eigenvalue weighted by Crippen LogP contribution is 2.18. The predicted octanol–water partition coefficient (Wildman–Crippen LogP) is 3.55. The van der Waals surface area contributed by atoms with E-state index in [2.05, 4.69) is 5.32 Å². The lowest BCUT2D eigenvalue weighted by Crippen LogP contribution is -2.35. The van der Waals surface area contributed by atoms with E-state index in [9.17, 15) is 9.59 Å². The lowest BCUT2D eigenvalue weighted by molar-refractivity contribution is -0.130. The Labute approximate surface area is 178 Å². The molecule has 0 aromatic heterocycles. The van der Waals surface area contributed by atoms with Gasteiger partial charge in [-0.2, -0.15) is 0 Å². The first kappa shape index (κ1) is 21.7. The summed E-state index contributed by atoms with van der Waals surface area (Å²) in [6.07, 6.45) is 4.59. The number of ether oxygens (including phenoxy) is 2. The highest BCUT2D eigenvalue weighted by Gasteiger charge is 2.15. The Balaban J connectivity index is 1.30. The molecule has 1 saturated heterocycles. The van der Waals surface area contributed by atoms with Crippen LogP contribution in [0.4, 0.5) is 0 Å². The number of carbonyl (C=O) groups excluding carboxylic acids is 2. The summed E-state index contributed by atoms with van der Waals surface area (Å²) in [6, 6.07) is 17.2. The fourth-order valence-corrected chi connectivity index (χ4v) is 3.35. The lowest BCUT2D eigenvalue weighted by atomic mass is 10.2. The van der Waals surface area contributed by atoms with Crippen molar-refractivity contribution in [2.75, 3.05) is 26.2 Å². The highest BCUT2D eigenvalue weighted by atomic mass is 16.5. The third-order valence-corrected chi connectivity index (χ3v) is 5.04. The van der Waals surface area contributed by atoms with Gasteiger partial charge in [-0.05, 0) is 49.1 Å². The Morgan fingerprint density at radius 2 is 1.67 bits per heavy atom. The molecule has 1 heterocycles. The van der Waals surface area contributed by atoms with Crippen molar-refractivity contribution >= 4 is 11.8 Å². The molecule has 1 aliphatic rings. The first-order valence-electron chi connectivity index (χ1n) is 10.6. The topological polar surface area (TPSA) is 67.9 Å². The molecule has 0 unspecified atom stereocenters. The molecule has 2 aromatic carbocycles. The summed E-state index contributed by atoms with van der Waals surface area (Å²) in [5.74, 6) is 1.44. The fourth-order valence-electron chi connectivity index (χ4n) is 3.35. The van der Waals surface area contributed by atoms with Gasteiger partial charge in [-0.15, -0.1) is 0 Å². The van der Waals surface area contributed by atoms with Crippen LogP contribution in [0, 0.1) is 0 Å². The number of benzene rings is 2. The fraction of sp³-hybridized carbons (Fsp3) is 0.417. The molecule has 6 nitrogen and oxygen atoms in total. The molecule has 1 fully saturated rings. The minimum Gasteiger partial charge on any atom is -0.489 e. The molecule has 0 aliphatic carbocycles. The maximum absolute atomic E-state index is 12.0. The molecule has 1 aliphatic heterocycles. The van der Waals surface area contributed by atoms with Gasteiger partial charge in [0.05, 0.1) is 0 Å². The van der Waals surface area contributed by atoms with Gasteiger partial charge in [0.1, 0.15) is 18.1 Å². The second-order valence-electron chi connectivity index (χ2n) is 7.43. The monoisotopic (exact) mass is 410 g/mol. The minimum absolute atomic E-state index is 0.0349. The van der Waals surface area contributed by atoms with Crippen LogP contribution in [0.5, 0.6) is 11.5 Å². The van der Waals surface area contributed by atoms with Crippen LogP contribution in [0.25, 0.3) is 0 Å². The van der Waals surface area contributed by atoms with Crippen LogP contribution < -0.4 is 14.8 Å². The predicted molar refractivity (Wildman–Crippen MR) is 115 cm³/mol. The van der Waals surface area contributed by atoms with Gasteiger partial charge in [-0.25, -0.2) is 0 Å². The number of amides is 2. The first-order valence-corrected chi connectivity index (χ1v) is 10.6. The van der Waals surface area contributed by atoms with Gasteiger partial charge in [-0.1, -0.05) is 36.8 Å². The average Bonchev–Trinajstić information content (AvgIpc) is 2.99. The number of hydrogen-bond acceptors (Lipinski definition) is 4. The zero-order valence-corrected chi connectivity index (χ0v) is 17.3. The number of nitrogens with one attached hydrogen (secondary N) is 1. The first-order chi connectivity index (χ1) is 14.7. The number of rotatable bonds is 10. The maximum atomic E-state index is 12.0. The molecule has 2 aromatic rings. The van der Waals surface area contributed by atoms with E-state index >= 15 is 0 Å². The summed E-state index contributed by atoms with van der Waals surface area (Å²) in [6.45, 7) is 2.54. The van der Waals surface area contributed by atoms with Crippen LogP contribution >= 0.6 is 0 Å². The quantitative estimate of drug-likeness (QED) is 0.608. The molecule has 0 saturated carbocycles. The van der Waals surface area contributed by atoms with Crippen molar-refractivity contribution in [3.05, 3.63) is 60.2 Å². The lowest BCUT2D eigenvalue weighted by Gasteiger charge is -2.20. The van der Waals surface area contributed by atoms with Crippen molar-refractivity contribution in [2.24, 2.45) is 0 Å². The Morgan fingerprint density at radius 1 is 0.933 bits per heavy atom. The number of likely N-dealkylation sites (tertiary alicyclic amines) is 1. The number of nitrogens with zero attached hydrogens (tertiary/aromatic N) is 1. The van der Waals surface area contributed by atoms with E-state index in [0.717, 1.165) is 43.5 Å². The van der Waals surface area contributed by atoms with Gasteiger partial charge in [0, 0.05) is 26.1 Å². The summed E-state index contributed by atoms with van der Waals surface area (Å²) >= 11 is 0. The van der Waals surface area contributed by atoms with E-state index in [1.54, 1.807) is 12.1 Å². The Morgan fingerprint density at radius 3 is 2.43 bits per heavy atom. The zero-order chi connectivity index (χ0) is 21.0. The van der Waals surface area contributed by atoms with Crippen molar-refractivity contribution in [3.63, 3.8) is 0 Å². The molecular formula is C24H30N2O4. The molecule has 6 heteroatoms. The molecule has 1 N–H and O–H groups in total. The third-order valence-electron chi connectivity index (χ3n) is 5.04. The average molecular weight is 411 g/mol. The zero-order valence-electron chi connectivity index (χ0n) is 17.3. The van der Waals surface area contributed by atoms with E-state index in [1.807, 2.05) is 47.4 Å². The summed E-state index contributed by atoms with van der Waals surface area (Å²) in [4.78, 5) is 25.8. The largest absolute Gasteiger partial charge is 0.489 e. The molecule has 0 radical (unpaired) electrons. The van der Waals surface area contributed by atoms with Gasteiger partial charge in [0.2, 0.25) is 5.91 Å². The SMILES string of the molecule is O=C(COc1ccc(OCc2ccccc2)cc1)NCCCN1CCCCCC1=O. The summed E-state index contributed by atoms with van der Waals surface area (Å²) in [5.41, 5.74) is 1.11. The van der Waals surface area contributed by atoms with Crippen molar-refractivity contribution in [1.29, 1.82) is 0 Å². The molecule has 0 bridgehead atoms. The van der Waals surface area contributed by atoms with Crippen LogP contribution in [0.3, 0.4) is 0 Å². The van der Waals surface area contributed by atoms with Gasteiger partial charge in [0.25, 0.3) is 5.91 Å². The van der Waals surface area contributed by atoms with E-state index in [-0.39, 0.29) is 18.4 Å². The van der Waals surface area contributed by atoms with E-state index < -0.39 is 0 Å². The van der Waals surface area contributed by atoms with Crippen molar-refractivity contribution < 1.29 is 19.1 Å².